The van der Waals surface area contributed by atoms with E-state index in [0.717, 1.165) is 5.56 Å². The van der Waals surface area contributed by atoms with Gasteiger partial charge in [0, 0.05) is 11.4 Å². The number of benzene rings is 1. The summed E-state index contributed by atoms with van der Waals surface area (Å²) < 4.78 is 10.8. The van der Waals surface area contributed by atoms with Gasteiger partial charge in [0.25, 0.3) is 0 Å². The van der Waals surface area contributed by atoms with E-state index < -0.39 is 29.5 Å². The van der Waals surface area contributed by atoms with Gasteiger partial charge in [-0.05, 0) is 51.3 Å². The van der Waals surface area contributed by atoms with E-state index in [4.69, 9.17) is 21.1 Å². The summed E-state index contributed by atoms with van der Waals surface area (Å²) in [6.45, 7) is 5.32. The van der Waals surface area contributed by atoms with Crippen LogP contribution in [0.5, 0.6) is 0 Å². The van der Waals surface area contributed by atoms with Crippen LogP contribution in [-0.2, 0) is 23.9 Å². The lowest BCUT2D eigenvalue weighted by atomic mass is 10.00. The molecule has 0 aliphatic carbocycles. The van der Waals surface area contributed by atoms with Crippen molar-refractivity contribution < 1.29 is 23.9 Å². The molecule has 0 fully saturated rings. The van der Waals surface area contributed by atoms with E-state index >= 15 is 0 Å². The molecule has 1 aromatic carbocycles. The van der Waals surface area contributed by atoms with Gasteiger partial charge in [0.15, 0.2) is 0 Å². The molecular weight excluding hydrogens is 394 g/mol. The highest BCUT2D eigenvalue weighted by atomic mass is 35.5. The third kappa shape index (κ3) is 8.28. The smallest absolute Gasteiger partial charge is 0.309 e. The van der Waals surface area contributed by atoms with Crippen LogP contribution in [0, 0.1) is 5.92 Å². The summed E-state index contributed by atoms with van der Waals surface area (Å²) in [5, 5.41) is 3.47. The Morgan fingerprint density at radius 1 is 1.21 bits per heavy atom. The predicted octanol–water partition coefficient (Wildman–Crippen LogP) is 4.13. The number of hydrogen-bond acceptors (Lipinski definition) is 5. The van der Waals surface area contributed by atoms with Gasteiger partial charge in [0.05, 0.1) is 18.4 Å². The van der Waals surface area contributed by atoms with Crippen molar-refractivity contribution in [2.75, 3.05) is 6.61 Å². The maximum atomic E-state index is 12.6. The van der Waals surface area contributed by atoms with Crippen LogP contribution in [0.15, 0.2) is 36.4 Å². The Bertz CT molecular complexity index is 751. The minimum Gasteiger partial charge on any atom is -0.463 e. The number of cyclic esters (lactones) is 1. The van der Waals surface area contributed by atoms with Gasteiger partial charge < -0.3 is 14.8 Å². The van der Waals surface area contributed by atoms with Crippen LogP contribution in [0.4, 0.5) is 0 Å². The van der Waals surface area contributed by atoms with Crippen LogP contribution in [0.25, 0.3) is 0 Å². The minimum absolute atomic E-state index is 0.0270. The topological polar surface area (TPSA) is 81.7 Å². The Morgan fingerprint density at radius 2 is 1.90 bits per heavy atom. The number of amides is 1. The number of nitrogens with one attached hydrogen (secondary N) is 1. The van der Waals surface area contributed by atoms with Gasteiger partial charge in [-0.15, -0.1) is 0 Å². The highest BCUT2D eigenvalue weighted by Gasteiger charge is 2.27. The normalized spacial score (nSPS) is 21.4. The van der Waals surface area contributed by atoms with Crippen molar-refractivity contribution in [3.05, 3.63) is 47.0 Å². The van der Waals surface area contributed by atoms with Gasteiger partial charge in [-0.1, -0.05) is 35.9 Å². The zero-order valence-corrected chi connectivity index (χ0v) is 17.8. The van der Waals surface area contributed by atoms with E-state index in [1.54, 1.807) is 45.0 Å². The van der Waals surface area contributed by atoms with Crippen molar-refractivity contribution in [1.82, 2.24) is 5.32 Å². The van der Waals surface area contributed by atoms with Crippen LogP contribution < -0.4 is 5.32 Å². The second-order valence-corrected chi connectivity index (χ2v) is 8.47. The molecule has 29 heavy (non-hydrogen) atoms. The van der Waals surface area contributed by atoms with Crippen molar-refractivity contribution in [2.24, 2.45) is 5.92 Å². The summed E-state index contributed by atoms with van der Waals surface area (Å²) in [6, 6.07) is 6.51. The van der Waals surface area contributed by atoms with Crippen LogP contribution in [-0.4, -0.2) is 30.1 Å². The lowest BCUT2D eigenvalue weighted by Crippen LogP contribution is -2.34. The summed E-state index contributed by atoms with van der Waals surface area (Å²) in [5.41, 5.74) is 0.165. The van der Waals surface area contributed by atoms with Gasteiger partial charge >= 0.3 is 11.9 Å². The Labute approximate surface area is 176 Å². The summed E-state index contributed by atoms with van der Waals surface area (Å²) in [4.78, 5) is 37.0. The Morgan fingerprint density at radius 3 is 2.55 bits per heavy atom. The van der Waals surface area contributed by atoms with Crippen molar-refractivity contribution in [2.45, 2.75) is 58.1 Å². The highest BCUT2D eigenvalue weighted by molar-refractivity contribution is 6.30. The maximum Gasteiger partial charge on any atom is 0.309 e. The number of carbonyl (C=O) groups is 3. The summed E-state index contributed by atoms with van der Waals surface area (Å²) in [5.74, 6) is -1.70. The van der Waals surface area contributed by atoms with E-state index in [1.165, 1.54) is 0 Å². The maximum absolute atomic E-state index is 12.6. The molecule has 1 aromatic rings. The third-order valence-corrected chi connectivity index (χ3v) is 4.54. The lowest BCUT2D eigenvalue weighted by molar-refractivity contribution is -0.161. The summed E-state index contributed by atoms with van der Waals surface area (Å²) in [7, 11) is 0. The molecule has 2 atom stereocenters. The number of allylic oxidation sites excluding steroid dienone is 2. The molecular formula is C22H28ClNO5. The molecule has 1 N–H and O–H groups in total. The first-order valence-electron chi connectivity index (χ1n) is 9.72. The predicted molar refractivity (Wildman–Crippen MR) is 110 cm³/mol. The van der Waals surface area contributed by atoms with Gasteiger partial charge in [-0.3, -0.25) is 14.4 Å². The summed E-state index contributed by atoms with van der Waals surface area (Å²) in [6.07, 6.45) is 4.82. The fraction of sp³-hybridized carbons (Fsp3) is 0.500. The number of carbonyl (C=O) groups excluding carboxylic acids is 3. The molecule has 0 unspecified atom stereocenters. The quantitative estimate of drug-likeness (QED) is 0.586. The zero-order chi connectivity index (χ0) is 21.4. The van der Waals surface area contributed by atoms with Crippen molar-refractivity contribution >= 4 is 29.4 Å². The average Bonchev–Trinajstić information content (AvgIpc) is 2.62. The van der Waals surface area contributed by atoms with Crippen LogP contribution in [0.1, 0.15) is 58.1 Å². The zero-order valence-electron chi connectivity index (χ0n) is 17.1. The number of rotatable bonds is 3. The first-order valence-corrected chi connectivity index (χ1v) is 10.1. The van der Waals surface area contributed by atoms with Crippen molar-refractivity contribution in [3.63, 3.8) is 0 Å². The average molecular weight is 422 g/mol. The monoisotopic (exact) mass is 421 g/mol. The number of esters is 2. The fourth-order valence-corrected chi connectivity index (χ4v) is 3.03. The van der Waals surface area contributed by atoms with E-state index in [1.807, 2.05) is 12.2 Å². The molecule has 2 rings (SSSR count). The molecule has 0 radical (unpaired) electrons. The van der Waals surface area contributed by atoms with Crippen molar-refractivity contribution in [1.29, 1.82) is 0 Å². The Kier molecular flexibility index (Phi) is 8.26. The lowest BCUT2D eigenvalue weighted by Gasteiger charge is -2.23. The molecule has 0 saturated heterocycles. The van der Waals surface area contributed by atoms with Crippen LogP contribution in [0.2, 0.25) is 5.02 Å². The number of halogens is 1. The van der Waals surface area contributed by atoms with Gasteiger partial charge in [0.1, 0.15) is 12.2 Å². The van der Waals surface area contributed by atoms with Gasteiger partial charge in [-0.2, -0.15) is 0 Å². The second-order valence-electron chi connectivity index (χ2n) is 8.03. The van der Waals surface area contributed by atoms with E-state index in [0.29, 0.717) is 24.3 Å². The van der Waals surface area contributed by atoms with Gasteiger partial charge in [-0.25, -0.2) is 0 Å². The molecule has 0 saturated carbocycles. The van der Waals surface area contributed by atoms with Gasteiger partial charge in [0.2, 0.25) is 5.91 Å². The number of hydrogen-bond donors (Lipinski definition) is 1. The molecule has 7 heteroatoms. The molecule has 1 amide bonds. The molecule has 1 aliphatic heterocycles. The van der Waals surface area contributed by atoms with Crippen LogP contribution in [0.3, 0.4) is 0 Å². The van der Waals surface area contributed by atoms with E-state index in [-0.39, 0.29) is 18.9 Å². The molecule has 6 nitrogen and oxygen atoms in total. The standard InChI is InChI=1S/C22H28ClNO5/c1-22(2,3)29-20(26)13-16-7-5-4-6-8-19(25)24-18(14-28-21(16)27)15-9-11-17(23)12-10-15/h4-5,9-12,16,18H,6-8,13-14H2,1-3H3,(H,24,25)/t16-,18-/m0/s1. The first-order chi connectivity index (χ1) is 13.6. The molecule has 0 aromatic heterocycles. The van der Waals surface area contributed by atoms with Crippen molar-refractivity contribution in [3.8, 4) is 0 Å². The van der Waals surface area contributed by atoms with E-state index in [2.05, 4.69) is 5.32 Å². The Hall–Kier alpha value is -2.34. The first kappa shape index (κ1) is 22.9. The Balaban J connectivity index is 2.13. The van der Waals surface area contributed by atoms with E-state index in [9.17, 15) is 14.4 Å². The fourth-order valence-electron chi connectivity index (χ4n) is 2.91. The minimum atomic E-state index is -0.637. The third-order valence-electron chi connectivity index (χ3n) is 4.29. The van der Waals surface area contributed by atoms with Crippen LogP contribution >= 0.6 is 11.6 Å². The molecule has 0 spiro atoms. The molecule has 1 aliphatic rings. The molecule has 0 bridgehead atoms. The second kappa shape index (κ2) is 10.4. The molecule has 158 valence electrons. The SMILES string of the molecule is CC(C)(C)OC(=O)C[C@@H]1CC=CCCC(=O)N[C@H](c2ccc(Cl)cc2)COC1=O. The highest BCUT2D eigenvalue weighted by Crippen LogP contribution is 2.21. The molecule has 1 heterocycles. The summed E-state index contributed by atoms with van der Waals surface area (Å²) >= 11 is 5.94. The number of ether oxygens (including phenoxy) is 2. The largest absolute Gasteiger partial charge is 0.463 e.